The number of non-ortho nitro benzene ring substituents is 1. The maximum Gasteiger partial charge on any atom is 0.293 e. The average Bonchev–Trinajstić information content (AvgIpc) is 2.86. The fourth-order valence-corrected chi connectivity index (χ4v) is 3.54. The number of nitro groups is 1. The Bertz CT molecular complexity index is 943. The lowest BCUT2D eigenvalue weighted by atomic mass is 10.2. The fraction of sp³-hybridized carbons (Fsp3) is 0.0588. The number of carbonyl (C=O) groups excluding carboxylic acids is 2. The lowest BCUT2D eigenvalue weighted by molar-refractivity contribution is -0.384. The third-order valence-corrected chi connectivity index (χ3v) is 5.17. The van der Waals surface area contributed by atoms with E-state index in [1.807, 2.05) is 0 Å². The summed E-state index contributed by atoms with van der Waals surface area (Å²) in [5.41, 5.74) is 1.22. The summed E-state index contributed by atoms with van der Waals surface area (Å²) in [6.45, 7) is 0.0409. The topological polar surface area (TPSA) is 101 Å². The zero-order valence-electron chi connectivity index (χ0n) is 13.1. The minimum Gasteiger partial charge on any atom is -0.507 e. The van der Waals surface area contributed by atoms with Crippen molar-refractivity contribution in [3.63, 3.8) is 0 Å². The summed E-state index contributed by atoms with van der Waals surface area (Å²) in [6, 6.07) is 10.4. The zero-order chi connectivity index (χ0) is 18.8. The first kappa shape index (κ1) is 18.2. The van der Waals surface area contributed by atoms with Crippen molar-refractivity contribution >= 4 is 50.6 Å². The van der Waals surface area contributed by atoms with Crippen molar-refractivity contribution in [1.29, 1.82) is 0 Å². The number of nitro benzene ring substituents is 1. The van der Waals surface area contributed by atoms with E-state index in [2.05, 4.69) is 15.9 Å². The van der Waals surface area contributed by atoms with E-state index in [0.29, 0.717) is 15.6 Å². The van der Waals surface area contributed by atoms with Gasteiger partial charge in [0.05, 0.1) is 20.8 Å². The largest absolute Gasteiger partial charge is 0.507 e. The Morgan fingerprint density at radius 2 is 1.88 bits per heavy atom. The highest BCUT2D eigenvalue weighted by atomic mass is 79.9. The minimum absolute atomic E-state index is 0.0409. The molecule has 7 nitrogen and oxygen atoms in total. The molecule has 2 amide bonds. The molecule has 1 fully saturated rings. The lowest BCUT2D eigenvalue weighted by Crippen LogP contribution is -2.27. The van der Waals surface area contributed by atoms with Crippen molar-refractivity contribution in [2.24, 2.45) is 0 Å². The number of phenols is 1. The van der Waals surface area contributed by atoms with Gasteiger partial charge in [-0.25, -0.2) is 0 Å². The second-order valence-electron chi connectivity index (χ2n) is 5.40. The van der Waals surface area contributed by atoms with Gasteiger partial charge in [-0.05, 0) is 57.0 Å². The summed E-state index contributed by atoms with van der Waals surface area (Å²) in [6.07, 6.45) is 1.57. The second kappa shape index (κ2) is 7.30. The van der Waals surface area contributed by atoms with Gasteiger partial charge in [0, 0.05) is 12.1 Å². The lowest BCUT2D eigenvalue weighted by Gasteiger charge is -2.12. The molecule has 0 radical (unpaired) electrons. The highest BCUT2D eigenvalue weighted by Crippen LogP contribution is 2.34. The van der Waals surface area contributed by atoms with Crippen molar-refractivity contribution in [1.82, 2.24) is 4.90 Å². The number of imide groups is 1. The molecule has 132 valence electrons. The smallest absolute Gasteiger partial charge is 0.293 e. The van der Waals surface area contributed by atoms with Crippen molar-refractivity contribution in [2.45, 2.75) is 6.54 Å². The van der Waals surface area contributed by atoms with Crippen LogP contribution < -0.4 is 0 Å². The molecule has 26 heavy (non-hydrogen) atoms. The predicted octanol–water partition coefficient (Wildman–Crippen LogP) is 4.30. The number of amides is 2. The quantitative estimate of drug-likeness (QED) is 0.437. The monoisotopic (exact) mass is 434 g/mol. The van der Waals surface area contributed by atoms with Gasteiger partial charge >= 0.3 is 0 Å². The van der Waals surface area contributed by atoms with Crippen LogP contribution in [0, 0.1) is 10.1 Å². The van der Waals surface area contributed by atoms with E-state index in [0.717, 1.165) is 16.7 Å². The minimum atomic E-state index is -0.511. The molecule has 0 atom stereocenters. The molecule has 2 aromatic rings. The molecular weight excluding hydrogens is 424 g/mol. The molecule has 0 bridgehead atoms. The van der Waals surface area contributed by atoms with Crippen LogP contribution in [0.2, 0.25) is 0 Å². The number of hydrogen-bond acceptors (Lipinski definition) is 6. The zero-order valence-corrected chi connectivity index (χ0v) is 15.5. The summed E-state index contributed by atoms with van der Waals surface area (Å²) >= 11 is 4.02. The highest BCUT2D eigenvalue weighted by molar-refractivity contribution is 9.10. The molecule has 0 saturated carbocycles. The third kappa shape index (κ3) is 3.78. The normalized spacial score (nSPS) is 15.7. The maximum absolute atomic E-state index is 12.5. The van der Waals surface area contributed by atoms with Crippen LogP contribution in [-0.2, 0) is 11.3 Å². The molecule has 1 aliphatic rings. The summed E-state index contributed by atoms with van der Waals surface area (Å²) in [7, 11) is 0. The van der Waals surface area contributed by atoms with Crippen molar-refractivity contribution in [2.75, 3.05) is 0 Å². The molecule has 0 unspecified atom stereocenters. The Morgan fingerprint density at radius 1 is 1.19 bits per heavy atom. The van der Waals surface area contributed by atoms with Gasteiger partial charge < -0.3 is 5.11 Å². The number of thioether (sulfide) groups is 1. The second-order valence-corrected chi connectivity index (χ2v) is 7.25. The Balaban J connectivity index is 1.79. The average molecular weight is 435 g/mol. The number of carbonyl (C=O) groups is 2. The Kier molecular flexibility index (Phi) is 5.10. The van der Waals surface area contributed by atoms with Crippen LogP contribution in [0.4, 0.5) is 10.5 Å². The van der Waals surface area contributed by atoms with Gasteiger partial charge in [-0.2, -0.15) is 0 Å². The van der Waals surface area contributed by atoms with Crippen LogP contribution in [0.15, 0.2) is 51.8 Å². The number of phenolic OH excluding ortho intramolecular Hbond substituents is 1. The molecular formula is C17H11BrN2O5S. The van der Waals surface area contributed by atoms with Crippen molar-refractivity contribution in [3.05, 3.63) is 73.1 Å². The van der Waals surface area contributed by atoms with Crippen molar-refractivity contribution in [3.8, 4) is 5.75 Å². The molecule has 1 heterocycles. The first-order valence-corrected chi connectivity index (χ1v) is 8.93. The van der Waals surface area contributed by atoms with E-state index in [1.165, 1.54) is 30.3 Å². The van der Waals surface area contributed by atoms with E-state index >= 15 is 0 Å². The van der Waals surface area contributed by atoms with Crippen LogP contribution >= 0.6 is 27.7 Å². The Morgan fingerprint density at radius 3 is 2.50 bits per heavy atom. The van der Waals surface area contributed by atoms with Gasteiger partial charge in [-0.1, -0.05) is 18.2 Å². The molecule has 0 aliphatic carbocycles. The standard InChI is InChI=1S/C17H11BrN2O5S/c18-13-7-11(3-6-14(13)21)8-15-16(22)19(17(23)26-15)9-10-1-4-12(5-2-10)20(24)25/h1-8,21H,9H2/b15-8-. The van der Waals surface area contributed by atoms with Gasteiger partial charge in [-0.3, -0.25) is 24.6 Å². The summed E-state index contributed by atoms with van der Waals surface area (Å²) in [5, 5.41) is 19.8. The van der Waals surface area contributed by atoms with Gasteiger partial charge in [0.15, 0.2) is 0 Å². The molecule has 0 aromatic heterocycles. The highest BCUT2D eigenvalue weighted by Gasteiger charge is 2.35. The number of aromatic hydroxyl groups is 1. The Labute approximate surface area is 160 Å². The van der Waals surface area contributed by atoms with E-state index in [1.54, 1.807) is 18.2 Å². The first-order chi connectivity index (χ1) is 12.3. The van der Waals surface area contributed by atoms with E-state index in [4.69, 9.17) is 0 Å². The van der Waals surface area contributed by atoms with Gasteiger partial charge in [0.1, 0.15) is 5.75 Å². The van der Waals surface area contributed by atoms with Crippen LogP contribution in [-0.4, -0.2) is 26.1 Å². The number of halogens is 1. The number of rotatable bonds is 4. The molecule has 1 N–H and O–H groups in total. The third-order valence-electron chi connectivity index (χ3n) is 3.63. The number of benzene rings is 2. The van der Waals surface area contributed by atoms with Crippen molar-refractivity contribution < 1.29 is 19.6 Å². The van der Waals surface area contributed by atoms with Gasteiger partial charge in [0.25, 0.3) is 16.8 Å². The van der Waals surface area contributed by atoms with Crippen LogP contribution in [0.5, 0.6) is 5.75 Å². The molecule has 1 aliphatic heterocycles. The molecule has 0 spiro atoms. The number of nitrogens with zero attached hydrogens (tertiary/aromatic N) is 2. The first-order valence-electron chi connectivity index (χ1n) is 7.32. The molecule has 9 heteroatoms. The predicted molar refractivity (Wildman–Crippen MR) is 100 cm³/mol. The van der Waals surface area contributed by atoms with Gasteiger partial charge in [-0.15, -0.1) is 0 Å². The summed E-state index contributed by atoms with van der Waals surface area (Å²) < 4.78 is 0.483. The van der Waals surface area contributed by atoms with Crippen LogP contribution in [0.3, 0.4) is 0 Å². The summed E-state index contributed by atoms with van der Waals surface area (Å²) in [4.78, 5) is 36.2. The van der Waals surface area contributed by atoms with E-state index in [9.17, 15) is 24.8 Å². The fourth-order valence-electron chi connectivity index (χ4n) is 2.31. The van der Waals surface area contributed by atoms with Crippen LogP contribution in [0.25, 0.3) is 6.08 Å². The number of hydrogen-bond donors (Lipinski definition) is 1. The summed E-state index contributed by atoms with van der Waals surface area (Å²) in [5.74, 6) is -0.351. The van der Waals surface area contributed by atoms with E-state index < -0.39 is 16.1 Å². The van der Waals surface area contributed by atoms with Crippen LogP contribution in [0.1, 0.15) is 11.1 Å². The molecule has 1 saturated heterocycles. The molecule has 3 rings (SSSR count). The Hall–Kier alpha value is -2.65. The van der Waals surface area contributed by atoms with Gasteiger partial charge in [0.2, 0.25) is 0 Å². The van der Waals surface area contributed by atoms with E-state index in [-0.39, 0.29) is 22.9 Å². The maximum atomic E-state index is 12.5. The SMILES string of the molecule is O=C1S/C(=C\c2ccc(O)c(Br)c2)C(=O)N1Cc1ccc([N+](=O)[O-])cc1. The molecule has 2 aromatic carbocycles.